The molecule has 0 atom stereocenters. The quantitative estimate of drug-likeness (QED) is 0.575. The van der Waals surface area contributed by atoms with E-state index in [9.17, 15) is 10.1 Å². The number of amides is 1. The number of benzene rings is 2. The molecule has 0 saturated carbocycles. The highest BCUT2D eigenvalue weighted by Crippen LogP contribution is 2.27. The largest absolute Gasteiger partial charge is 0.493 e. The fourth-order valence-corrected chi connectivity index (χ4v) is 2.52. The molecule has 1 amide bonds. The molecule has 0 radical (unpaired) electrons. The highest BCUT2D eigenvalue weighted by atomic mass is 16.5. The maximum Gasteiger partial charge on any atom is 0.263 e. The summed E-state index contributed by atoms with van der Waals surface area (Å²) in [7, 11) is 4.96. The third-order valence-electron chi connectivity index (χ3n) is 4.00. The van der Waals surface area contributed by atoms with Crippen LogP contribution < -0.4 is 19.7 Å². The number of ether oxygens (including phenoxy) is 2. The van der Waals surface area contributed by atoms with Gasteiger partial charge in [0.25, 0.3) is 5.91 Å². The van der Waals surface area contributed by atoms with Gasteiger partial charge in [-0.1, -0.05) is 24.3 Å². The van der Waals surface area contributed by atoms with Crippen LogP contribution in [0.5, 0.6) is 11.5 Å². The molecule has 0 heterocycles. The zero-order chi connectivity index (χ0) is 19.6. The second-order valence-corrected chi connectivity index (χ2v) is 5.80. The number of carbonyl (C=O) groups is 1. The molecule has 140 valence electrons. The number of rotatable bonds is 8. The molecule has 1 N–H and O–H groups in total. The topological polar surface area (TPSA) is 74.6 Å². The molecule has 6 heteroatoms. The van der Waals surface area contributed by atoms with Crippen LogP contribution in [-0.2, 0) is 11.2 Å². The maximum atomic E-state index is 12.3. The summed E-state index contributed by atoms with van der Waals surface area (Å²) in [5.41, 5.74) is 1.94. The third kappa shape index (κ3) is 5.51. The van der Waals surface area contributed by atoms with Gasteiger partial charge in [-0.3, -0.25) is 4.79 Å². The van der Waals surface area contributed by atoms with Crippen molar-refractivity contribution in [2.45, 2.75) is 6.42 Å². The predicted molar refractivity (Wildman–Crippen MR) is 105 cm³/mol. The van der Waals surface area contributed by atoms with E-state index in [2.05, 4.69) is 5.32 Å². The first-order valence-electron chi connectivity index (χ1n) is 8.48. The minimum atomic E-state index is -0.402. The van der Waals surface area contributed by atoms with Gasteiger partial charge in [0.1, 0.15) is 11.6 Å². The summed E-state index contributed by atoms with van der Waals surface area (Å²) >= 11 is 0. The van der Waals surface area contributed by atoms with E-state index in [1.807, 2.05) is 54.6 Å². The zero-order valence-corrected chi connectivity index (χ0v) is 15.7. The fourth-order valence-electron chi connectivity index (χ4n) is 2.52. The van der Waals surface area contributed by atoms with E-state index in [0.29, 0.717) is 24.5 Å². The molecule has 2 rings (SSSR count). The minimum Gasteiger partial charge on any atom is -0.493 e. The zero-order valence-electron chi connectivity index (χ0n) is 15.7. The first-order chi connectivity index (χ1) is 13.1. The Morgan fingerprint density at radius 3 is 2.48 bits per heavy atom. The molecule has 0 bridgehead atoms. The number of nitrogens with one attached hydrogen (secondary N) is 1. The van der Waals surface area contributed by atoms with Gasteiger partial charge in [-0.05, 0) is 36.2 Å². The molecule has 27 heavy (non-hydrogen) atoms. The molecule has 0 aromatic heterocycles. The Hall–Kier alpha value is -3.46. The molecule has 0 aliphatic carbocycles. The maximum absolute atomic E-state index is 12.3. The highest BCUT2D eigenvalue weighted by Gasteiger charge is 2.11. The van der Waals surface area contributed by atoms with Crippen LogP contribution in [0.25, 0.3) is 0 Å². The van der Waals surface area contributed by atoms with Crippen molar-refractivity contribution in [3.8, 4) is 17.6 Å². The summed E-state index contributed by atoms with van der Waals surface area (Å²) in [5, 5.41) is 12.1. The molecule has 0 unspecified atom stereocenters. The lowest BCUT2D eigenvalue weighted by Crippen LogP contribution is -2.28. The van der Waals surface area contributed by atoms with Crippen molar-refractivity contribution < 1.29 is 14.3 Å². The second-order valence-electron chi connectivity index (χ2n) is 5.80. The monoisotopic (exact) mass is 365 g/mol. The van der Waals surface area contributed by atoms with Gasteiger partial charge in [-0.15, -0.1) is 0 Å². The average Bonchev–Trinajstić information content (AvgIpc) is 2.72. The van der Waals surface area contributed by atoms with Crippen LogP contribution in [0.1, 0.15) is 5.56 Å². The molecule has 2 aromatic carbocycles. The van der Waals surface area contributed by atoms with Crippen LogP contribution >= 0.6 is 0 Å². The summed E-state index contributed by atoms with van der Waals surface area (Å²) in [4.78, 5) is 14.0. The Balaban J connectivity index is 1.96. The Morgan fingerprint density at radius 2 is 1.85 bits per heavy atom. The first kappa shape index (κ1) is 19.9. The number of para-hydroxylation sites is 1. The molecule has 0 aliphatic heterocycles. The molecule has 2 aromatic rings. The Kier molecular flexibility index (Phi) is 7.26. The van der Waals surface area contributed by atoms with E-state index in [-0.39, 0.29) is 5.57 Å². The first-order valence-corrected chi connectivity index (χ1v) is 8.48. The highest BCUT2D eigenvalue weighted by molar-refractivity contribution is 5.97. The Morgan fingerprint density at radius 1 is 1.15 bits per heavy atom. The lowest BCUT2D eigenvalue weighted by atomic mass is 10.1. The van der Waals surface area contributed by atoms with Crippen LogP contribution in [0.3, 0.4) is 0 Å². The van der Waals surface area contributed by atoms with Crippen LogP contribution in [0.2, 0.25) is 0 Å². The molecule has 0 aliphatic rings. The number of carbonyl (C=O) groups excluding carboxylic acids is 1. The second kappa shape index (κ2) is 9.88. The molecule has 0 spiro atoms. The van der Waals surface area contributed by atoms with Gasteiger partial charge in [0.05, 0.1) is 14.2 Å². The van der Waals surface area contributed by atoms with E-state index in [4.69, 9.17) is 9.47 Å². The van der Waals surface area contributed by atoms with Crippen LogP contribution in [-0.4, -0.2) is 33.7 Å². The molecule has 0 saturated heterocycles. The number of nitriles is 1. The summed E-state index contributed by atoms with van der Waals surface area (Å²) in [6.45, 7) is 0.405. The number of hydrogen-bond donors (Lipinski definition) is 1. The van der Waals surface area contributed by atoms with E-state index in [1.165, 1.54) is 6.20 Å². The van der Waals surface area contributed by atoms with Gasteiger partial charge >= 0.3 is 0 Å². The molecule has 0 fully saturated rings. The van der Waals surface area contributed by atoms with E-state index in [1.54, 1.807) is 26.2 Å². The normalized spacial score (nSPS) is 10.7. The summed E-state index contributed by atoms with van der Waals surface area (Å²) in [6, 6.07) is 17.1. The average molecular weight is 365 g/mol. The van der Waals surface area contributed by atoms with Crippen molar-refractivity contribution in [1.82, 2.24) is 5.32 Å². The van der Waals surface area contributed by atoms with Crippen molar-refractivity contribution in [3.05, 3.63) is 65.9 Å². The van der Waals surface area contributed by atoms with Gasteiger partial charge in [-0.2, -0.15) is 5.26 Å². The number of anilines is 1. The third-order valence-corrected chi connectivity index (χ3v) is 4.00. The van der Waals surface area contributed by atoms with Crippen molar-refractivity contribution in [2.75, 3.05) is 32.7 Å². The lowest BCUT2D eigenvalue weighted by molar-refractivity contribution is -0.117. The SMILES string of the molecule is COc1ccc(CCNC(=O)/C(C#N)=C\N(C)c2ccccc2)cc1OC. The Bertz CT molecular complexity index is 841. The standard InChI is InChI=1S/C21H23N3O3/c1-24(18-7-5-4-6-8-18)15-17(14-22)21(25)23-12-11-16-9-10-19(26-2)20(13-16)27-3/h4-10,13,15H,11-12H2,1-3H3,(H,23,25)/b17-15-. The van der Waals surface area contributed by atoms with Gasteiger partial charge in [-0.25, -0.2) is 0 Å². The summed E-state index contributed by atoms with van der Waals surface area (Å²) in [5.74, 6) is 0.896. The van der Waals surface area contributed by atoms with Crippen LogP contribution in [0, 0.1) is 11.3 Å². The van der Waals surface area contributed by atoms with Crippen LogP contribution in [0.15, 0.2) is 60.3 Å². The lowest BCUT2D eigenvalue weighted by Gasteiger charge is -2.14. The molecular weight excluding hydrogens is 342 g/mol. The number of methoxy groups -OCH3 is 2. The predicted octanol–water partition coefficient (Wildman–Crippen LogP) is 2.91. The number of nitrogens with zero attached hydrogens (tertiary/aromatic N) is 2. The molecule has 6 nitrogen and oxygen atoms in total. The fraction of sp³-hybridized carbons (Fsp3) is 0.238. The van der Waals surface area contributed by atoms with E-state index >= 15 is 0 Å². The van der Waals surface area contributed by atoms with E-state index in [0.717, 1.165) is 11.3 Å². The van der Waals surface area contributed by atoms with Gasteiger partial charge in [0.15, 0.2) is 11.5 Å². The van der Waals surface area contributed by atoms with Crippen molar-refractivity contribution in [2.24, 2.45) is 0 Å². The van der Waals surface area contributed by atoms with Crippen molar-refractivity contribution >= 4 is 11.6 Å². The summed E-state index contributed by atoms with van der Waals surface area (Å²) in [6.07, 6.45) is 2.14. The van der Waals surface area contributed by atoms with E-state index < -0.39 is 5.91 Å². The molecular formula is C21H23N3O3. The van der Waals surface area contributed by atoms with Gasteiger partial charge < -0.3 is 19.7 Å². The van der Waals surface area contributed by atoms with Crippen molar-refractivity contribution in [3.63, 3.8) is 0 Å². The van der Waals surface area contributed by atoms with Crippen molar-refractivity contribution in [1.29, 1.82) is 5.26 Å². The number of hydrogen-bond acceptors (Lipinski definition) is 5. The van der Waals surface area contributed by atoms with Crippen LogP contribution in [0.4, 0.5) is 5.69 Å². The summed E-state index contributed by atoms with van der Waals surface area (Å²) < 4.78 is 10.5. The van der Waals surface area contributed by atoms with Gasteiger partial charge in [0, 0.05) is 25.5 Å². The minimum absolute atomic E-state index is 0.0497. The van der Waals surface area contributed by atoms with Gasteiger partial charge in [0.2, 0.25) is 0 Å². The smallest absolute Gasteiger partial charge is 0.263 e. The Labute approximate surface area is 159 Å².